The second kappa shape index (κ2) is 8.95. The molecule has 9 nitrogen and oxygen atoms in total. The fraction of sp³-hybridized carbons (Fsp3) is 0.316. The van der Waals surface area contributed by atoms with Crippen LogP contribution in [0.5, 0.6) is 0 Å². The van der Waals surface area contributed by atoms with E-state index < -0.39 is 15.9 Å². The quantitative estimate of drug-likeness (QED) is 0.549. The number of imidazole rings is 1. The number of nitrogens with one attached hydrogen (secondary N) is 1. The van der Waals surface area contributed by atoms with Gasteiger partial charge < -0.3 is 14.8 Å². The van der Waals surface area contributed by atoms with E-state index >= 15 is 0 Å². The van der Waals surface area contributed by atoms with Gasteiger partial charge in [0.2, 0.25) is 11.8 Å². The van der Waals surface area contributed by atoms with Crippen molar-refractivity contribution in [3.63, 3.8) is 0 Å². The van der Waals surface area contributed by atoms with Crippen LogP contribution in [0.2, 0.25) is 5.02 Å². The molecule has 1 aliphatic rings. The number of benzene rings is 1. The first-order valence-corrected chi connectivity index (χ1v) is 12.2. The summed E-state index contributed by atoms with van der Waals surface area (Å²) in [6, 6.07) is 6.78. The van der Waals surface area contributed by atoms with Gasteiger partial charge in [-0.1, -0.05) is 17.7 Å². The van der Waals surface area contributed by atoms with Crippen LogP contribution in [0.3, 0.4) is 0 Å². The minimum Gasteiger partial charge on any atom is -0.353 e. The monoisotopic (exact) mass is 481 g/mol. The highest BCUT2D eigenvalue weighted by atomic mass is 35.5. The smallest absolute Gasteiger partial charge is 0.253 e. The van der Waals surface area contributed by atoms with E-state index in [1.807, 2.05) is 4.57 Å². The van der Waals surface area contributed by atoms with Crippen LogP contribution >= 0.6 is 22.9 Å². The normalized spacial score (nSPS) is 15.5. The van der Waals surface area contributed by atoms with Crippen LogP contribution < -0.4 is 5.32 Å². The van der Waals surface area contributed by atoms with Crippen LogP contribution in [0.1, 0.15) is 0 Å². The molecule has 1 aromatic carbocycles. The predicted octanol–water partition coefficient (Wildman–Crippen LogP) is 1.40. The zero-order valence-electron chi connectivity index (χ0n) is 16.4. The lowest BCUT2D eigenvalue weighted by Gasteiger charge is -2.32. The van der Waals surface area contributed by atoms with Gasteiger partial charge in [-0.2, -0.15) is 4.31 Å². The van der Waals surface area contributed by atoms with Gasteiger partial charge in [0.05, 0.1) is 19.4 Å². The number of fused-ring (bicyclic) bond motifs is 1. The number of aromatic nitrogens is 2. The number of sulfonamides is 1. The highest BCUT2D eigenvalue weighted by Crippen LogP contribution is 2.33. The molecule has 31 heavy (non-hydrogen) atoms. The van der Waals surface area contributed by atoms with Gasteiger partial charge in [-0.25, -0.2) is 13.4 Å². The van der Waals surface area contributed by atoms with Crippen LogP contribution in [0.15, 0.2) is 47.2 Å². The number of amides is 2. The Morgan fingerprint density at radius 1 is 1.26 bits per heavy atom. The van der Waals surface area contributed by atoms with E-state index in [2.05, 4.69) is 10.3 Å². The van der Waals surface area contributed by atoms with Crippen LogP contribution in [-0.2, 0) is 26.2 Å². The number of piperazine rings is 1. The highest BCUT2D eigenvalue weighted by molar-refractivity contribution is 7.91. The van der Waals surface area contributed by atoms with E-state index in [0.717, 1.165) is 25.7 Å². The average Bonchev–Trinajstić information content (AvgIpc) is 3.39. The van der Waals surface area contributed by atoms with E-state index in [-0.39, 0.29) is 36.3 Å². The number of thiophene rings is 1. The van der Waals surface area contributed by atoms with Crippen molar-refractivity contribution in [2.75, 3.05) is 32.7 Å². The Hall–Kier alpha value is -2.47. The first kappa shape index (κ1) is 21.8. The zero-order valence-corrected chi connectivity index (χ0v) is 18.8. The van der Waals surface area contributed by atoms with Crippen molar-refractivity contribution in [2.24, 2.45) is 0 Å². The summed E-state index contributed by atoms with van der Waals surface area (Å²) in [6.45, 7) is 0.882. The SMILES string of the molecule is O=C(CN1CCN(S(=O)(=O)c2cc3ccc(Cl)cc3s2)CC1=O)NCCn1ccnc1. The lowest BCUT2D eigenvalue weighted by atomic mass is 10.3. The first-order valence-electron chi connectivity index (χ1n) is 9.52. The van der Waals surface area contributed by atoms with Gasteiger partial charge in [0.25, 0.3) is 10.0 Å². The number of halogens is 1. The molecule has 0 spiro atoms. The summed E-state index contributed by atoms with van der Waals surface area (Å²) < 4.78 is 30.0. The molecule has 2 aromatic heterocycles. The molecule has 12 heteroatoms. The molecule has 0 bridgehead atoms. The zero-order chi connectivity index (χ0) is 22.0. The fourth-order valence-electron chi connectivity index (χ4n) is 3.27. The van der Waals surface area contributed by atoms with E-state index in [1.54, 1.807) is 43.0 Å². The third-order valence-electron chi connectivity index (χ3n) is 4.92. The van der Waals surface area contributed by atoms with Gasteiger partial charge >= 0.3 is 0 Å². The number of nitrogens with zero attached hydrogens (tertiary/aromatic N) is 4. The van der Waals surface area contributed by atoms with Crippen molar-refractivity contribution in [1.29, 1.82) is 0 Å². The molecule has 1 fully saturated rings. The number of hydrogen-bond acceptors (Lipinski definition) is 6. The molecule has 1 aliphatic heterocycles. The molecular weight excluding hydrogens is 462 g/mol. The first-order chi connectivity index (χ1) is 14.8. The predicted molar refractivity (Wildman–Crippen MR) is 117 cm³/mol. The molecular formula is C19H20ClN5O4S2. The molecule has 0 aliphatic carbocycles. The summed E-state index contributed by atoms with van der Waals surface area (Å²) in [5.74, 6) is -0.685. The molecule has 0 saturated carbocycles. The molecule has 3 aromatic rings. The fourth-order valence-corrected chi connectivity index (χ4v) is 6.48. The Labute approximate surface area is 188 Å². The number of carbonyl (C=O) groups excluding carboxylic acids is 2. The Morgan fingerprint density at radius 3 is 2.84 bits per heavy atom. The van der Waals surface area contributed by atoms with Crippen LogP contribution in [0, 0.1) is 0 Å². The maximum Gasteiger partial charge on any atom is 0.253 e. The standard InChI is InChI=1S/C19H20ClN5O4S2/c20-15-2-1-14-9-19(30-16(14)10-15)31(28,29)25-8-7-24(18(27)12-25)11-17(26)22-4-6-23-5-3-21-13-23/h1-3,5,9-10,13H,4,6-8,11-12H2,(H,22,26). The molecule has 3 heterocycles. The van der Waals surface area contributed by atoms with E-state index in [1.165, 1.54) is 4.90 Å². The summed E-state index contributed by atoms with van der Waals surface area (Å²) in [4.78, 5) is 30.0. The van der Waals surface area contributed by atoms with Gasteiger partial charge in [0, 0.05) is 48.3 Å². The molecule has 0 unspecified atom stereocenters. The van der Waals surface area contributed by atoms with Crippen molar-refractivity contribution in [1.82, 2.24) is 24.1 Å². The van der Waals surface area contributed by atoms with Crippen molar-refractivity contribution >= 4 is 54.9 Å². The Kier molecular flexibility index (Phi) is 6.28. The van der Waals surface area contributed by atoms with Gasteiger partial charge in [0.15, 0.2) is 0 Å². The molecule has 164 valence electrons. The van der Waals surface area contributed by atoms with Crippen molar-refractivity contribution in [3.05, 3.63) is 48.0 Å². The lowest BCUT2D eigenvalue weighted by Crippen LogP contribution is -2.54. The second-order valence-corrected chi connectivity index (χ2v) is 10.7. The molecule has 1 saturated heterocycles. The third-order valence-corrected chi connectivity index (χ3v) is 8.55. The Balaban J connectivity index is 1.34. The summed E-state index contributed by atoms with van der Waals surface area (Å²) >= 11 is 7.11. The number of carbonyl (C=O) groups is 2. The number of hydrogen-bond donors (Lipinski definition) is 1. The molecule has 2 amide bonds. The topological polar surface area (TPSA) is 105 Å². The summed E-state index contributed by atoms with van der Waals surface area (Å²) in [5, 5.41) is 4.07. The largest absolute Gasteiger partial charge is 0.353 e. The lowest BCUT2D eigenvalue weighted by molar-refractivity contribution is -0.138. The summed E-state index contributed by atoms with van der Waals surface area (Å²) in [6.07, 6.45) is 5.10. The van der Waals surface area contributed by atoms with Gasteiger partial charge in [-0.15, -0.1) is 11.3 Å². The highest BCUT2D eigenvalue weighted by Gasteiger charge is 2.34. The van der Waals surface area contributed by atoms with Crippen LogP contribution in [0.4, 0.5) is 0 Å². The van der Waals surface area contributed by atoms with E-state index in [4.69, 9.17) is 11.6 Å². The van der Waals surface area contributed by atoms with Crippen LogP contribution in [-0.4, -0.2) is 71.7 Å². The third kappa shape index (κ3) is 4.90. The van der Waals surface area contributed by atoms with Crippen molar-refractivity contribution < 1.29 is 18.0 Å². The Bertz CT molecular complexity index is 1210. The van der Waals surface area contributed by atoms with Crippen molar-refractivity contribution in [3.8, 4) is 0 Å². The second-order valence-electron chi connectivity index (χ2n) is 7.05. The molecule has 1 N–H and O–H groups in total. The molecule has 0 radical (unpaired) electrons. The van der Waals surface area contributed by atoms with Gasteiger partial charge in [-0.05, 0) is 23.6 Å². The van der Waals surface area contributed by atoms with E-state index in [9.17, 15) is 18.0 Å². The molecule has 0 atom stereocenters. The van der Waals surface area contributed by atoms with Gasteiger partial charge in [-0.3, -0.25) is 9.59 Å². The van der Waals surface area contributed by atoms with Gasteiger partial charge in [0.1, 0.15) is 4.21 Å². The summed E-state index contributed by atoms with van der Waals surface area (Å²) in [7, 11) is -3.81. The minimum atomic E-state index is -3.81. The maximum atomic E-state index is 13.0. The van der Waals surface area contributed by atoms with Crippen molar-refractivity contribution in [2.45, 2.75) is 10.8 Å². The summed E-state index contributed by atoms with van der Waals surface area (Å²) in [5.41, 5.74) is 0. The average molecular weight is 482 g/mol. The minimum absolute atomic E-state index is 0.0992. The maximum absolute atomic E-state index is 13.0. The Morgan fingerprint density at radius 2 is 2.10 bits per heavy atom. The number of rotatable bonds is 7. The van der Waals surface area contributed by atoms with Crippen LogP contribution in [0.25, 0.3) is 10.1 Å². The van der Waals surface area contributed by atoms with E-state index in [0.29, 0.717) is 18.1 Å². The molecule has 4 rings (SSSR count).